The molecule has 194 valence electrons. The van der Waals surface area contributed by atoms with Crippen LogP contribution in [0.5, 0.6) is 5.75 Å². The Hall–Kier alpha value is -3.25. The lowest BCUT2D eigenvalue weighted by atomic mass is 9.76. The molecule has 2 atom stereocenters. The van der Waals surface area contributed by atoms with Gasteiger partial charge >= 0.3 is 0 Å². The maximum absolute atomic E-state index is 13.7. The molecule has 3 N–H and O–H groups in total. The second-order valence-corrected chi connectivity index (χ2v) is 10.1. The molecule has 4 rings (SSSR count). The minimum absolute atomic E-state index is 0.149. The number of hydrogen-bond donors (Lipinski definition) is 3. The monoisotopic (exact) mass is 563 g/mol. The number of nitrogens with zero attached hydrogens (tertiary/aromatic N) is 3. The smallest absolute Gasteiger partial charge is 0.265 e. The summed E-state index contributed by atoms with van der Waals surface area (Å²) < 4.78 is 5.83. The summed E-state index contributed by atoms with van der Waals surface area (Å²) in [6.07, 6.45) is 1.72. The van der Waals surface area contributed by atoms with Crippen molar-refractivity contribution < 1.29 is 24.3 Å². The summed E-state index contributed by atoms with van der Waals surface area (Å²) in [6.45, 7) is 1.95. The molecule has 1 aliphatic rings. The maximum atomic E-state index is 13.7. The van der Waals surface area contributed by atoms with Gasteiger partial charge in [-0.15, -0.1) is 11.3 Å². The molecule has 3 aromatic rings. The van der Waals surface area contributed by atoms with E-state index in [4.69, 9.17) is 33.1 Å². The number of anilines is 1. The highest BCUT2D eigenvalue weighted by Crippen LogP contribution is 2.41. The number of halogens is 2. The van der Waals surface area contributed by atoms with Crippen LogP contribution in [-0.2, 0) is 26.4 Å². The Morgan fingerprint density at radius 3 is 2.57 bits per heavy atom. The van der Waals surface area contributed by atoms with Crippen LogP contribution < -0.4 is 15.5 Å². The van der Waals surface area contributed by atoms with Crippen LogP contribution in [0.15, 0.2) is 48.0 Å². The molecule has 1 saturated heterocycles. The van der Waals surface area contributed by atoms with E-state index < -0.39 is 17.4 Å². The van der Waals surface area contributed by atoms with Gasteiger partial charge < -0.3 is 15.0 Å². The Morgan fingerprint density at radius 2 is 1.95 bits per heavy atom. The fourth-order valence-corrected chi connectivity index (χ4v) is 5.34. The fourth-order valence-electron chi connectivity index (χ4n) is 4.29. The van der Waals surface area contributed by atoms with Crippen LogP contribution in [0.1, 0.15) is 30.9 Å². The van der Waals surface area contributed by atoms with Crippen LogP contribution in [-0.4, -0.2) is 50.4 Å². The van der Waals surface area contributed by atoms with Gasteiger partial charge in [0.1, 0.15) is 28.7 Å². The lowest BCUT2D eigenvalue weighted by Gasteiger charge is -2.30. The molecule has 3 heterocycles. The number of likely N-dealkylation sites (tertiary alicyclic amines) is 1. The Balaban J connectivity index is 1.56. The third-order valence-electron chi connectivity index (χ3n) is 6.18. The predicted molar refractivity (Wildman–Crippen MR) is 138 cm³/mol. The molecule has 1 aliphatic heterocycles. The second kappa shape index (κ2) is 11.4. The van der Waals surface area contributed by atoms with Crippen molar-refractivity contribution in [3.8, 4) is 5.75 Å². The number of amides is 3. The Labute approximate surface area is 226 Å². The van der Waals surface area contributed by atoms with Gasteiger partial charge in [0.05, 0.1) is 5.41 Å². The molecule has 10 nitrogen and oxygen atoms in total. The molecule has 0 spiro atoms. The first-order chi connectivity index (χ1) is 17.7. The van der Waals surface area contributed by atoms with Crippen LogP contribution in [0, 0.1) is 0 Å². The van der Waals surface area contributed by atoms with Crippen LogP contribution in [0.25, 0.3) is 0 Å². The molecule has 1 aromatic carbocycles. The van der Waals surface area contributed by atoms with Crippen LogP contribution in [0.3, 0.4) is 0 Å². The van der Waals surface area contributed by atoms with Gasteiger partial charge in [-0.1, -0.05) is 35.3 Å². The van der Waals surface area contributed by atoms with Gasteiger partial charge in [-0.3, -0.25) is 19.6 Å². The van der Waals surface area contributed by atoms with Crippen molar-refractivity contribution >= 4 is 57.4 Å². The number of hydrogen-bond acceptors (Lipinski definition) is 8. The molecule has 1 fully saturated rings. The van der Waals surface area contributed by atoms with E-state index in [9.17, 15) is 14.4 Å². The zero-order valence-electron chi connectivity index (χ0n) is 19.6. The first kappa shape index (κ1) is 26.8. The minimum Gasteiger partial charge on any atom is -0.489 e. The maximum Gasteiger partial charge on any atom is 0.265 e. The Morgan fingerprint density at radius 1 is 1.24 bits per heavy atom. The van der Waals surface area contributed by atoms with Crippen molar-refractivity contribution in [1.82, 2.24) is 20.3 Å². The average molecular weight is 564 g/mol. The number of ether oxygens (including phenoxy) is 1. The highest BCUT2D eigenvalue weighted by molar-refractivity contribution is 7.13. The van der Waals surface area contributed by atoms with Crippen molar-refractivity contribution in [3.63, 3.8) is 0 Å². The number of nitrogens with one attached hydrogen (secondary N) is 2. The summed E-state index contributed by atoms with van der Waals surface area (Å²) in [5.74, 6) is -0.939. The van der Waals surface area contributed by atoms with Gasteiger partial charge in [0.2, 0.25) is 11.8 Å². The molecule has 37 heavy (non-hydrogen) atoms. The van der Waals surface area contributed by atoms with E-state index in [1.807, 2.05) is 0 Å². The standard InChI is InChI=1S/C24H23Cl2N5O5S/c1-14(21(33)30-35)31-8-6-24(22(31)34,12-20(32)29-23-27-7-9-37-23)16-2-4-17(5-3-16)36-13-15-10-18(25)28-19(26)11-15/h2-5,7,9-11,14,35H,6,8,12-13H2,1H3,(H,30,33)(H,27,29,32). The molecule has 0 radical (unpaired) electrons. The van der Waals surface area contributed by atoms with E-state index in [1.54, 1.807) is 53.5 Å². The molecule has 0 bridgehead atoms. The minimum atomic E-state index is -1.21. The van der Waals surface area contributed by atoms with Crippen LogP contribution in [0.4, 0.5) is 5.13 Å². The highest BCUT2D eigenvalue weighted by atomic mass is 35.5. The molecule has 3 amide bonds. The zero-order valence-corrected chi connectivity index (χ0v) is 21.9. The molecule has 0 aliphatic carbocycles. The van der Waals surface area contributed by atoms with Crippen molar-refractivity contribution in [1.29, 1.82) is 0 Å². The third kappa shape index (κ3) is 6.02. The van der Waals surface area contributed by atoms with Gasteiger partial charge in [-0.05, 0) is 48.7 Å². The summed E-state index contributed by atoms with van der Waals surface area (Å²) in [6, 6.07) is 9.26. The van der Waals surface area contributed by atoms with E-state index in [-0.39, 0.29) is 41.7 Å². The SMILES string of the molecule is CC(C(=O)NO)N1CCC(CC(=O)Nc2nccs2)(c2ccc(OCc3cc(Cl)nc(Cl)c3)cc2)C1=O. The largest absolute Gasteiger partial charge is 0.489 e. The van der Waals surface area contributed by atoms with Crippen LogP contribution >= 0.6 is 34.5 Å². The van der Waals surface area contributed by atoms with Gasteiger partial charge in [0, 0.05) is 24.5 Å². The number of aromatic nitrogens is 2. The van der Waals surface area contributed by atoms with Gasteiger partial charge in [-0.25, -0.2) is 15.4 Å². The summed E-state index contributed by atoms with van der Waals surface area (Å²) >= 11 is 13.2. The third-order valence-corrected chi connectivity index (χ3v) is 7.26. The predicted octanol–water partition coefficient (Wildman–Crippen LogP) is 3.82. The van der Waals surface area contributed by atoms with Crippen molar-refractivity contribution in [2.45, 2.75) is 37.8 Å². The molecular weight excluding hydrogens is 541 g/mol. The lowest BCUT2D eigenvalue weighted by Crippen LogP contribution is -2.48. The van der Waals surface area contributed by atoms with E-state index in [0.717, 1.165) is 5.56 Å². The number of benzene rings is 1. The fraction of sp³-hybridized carbons (Fsp3) is 0.292. The Kier molecular flexibility index (Phi) is 8.28. The number of carbonyl (C=O) groups excluding carboxylic acids is 3. The van der Waals surface area contributed by atoms with Crippen LogP contribution in [0.2, 0.25) is 10.3 Å². The molecule has 0 saturated carbocycles. The molecular formula is C24H23Cl2N5O5S. The van der Waals surface area contributed by atoms with Crippen molar-refractivity contribution in [3.05, 3.63) is 69.4 Å². The normalized spacial score (nSPS) is 17.9. The quantitative estimate of drug-likeness (QED) is 0.204. The van der Waals surface area contributed by atoms with E-state index >= 15 is 0 Å². The zero-order chi connectivity index (χ0) is 26.6. The summed E-state index contributed by atoms with van der Waals surface area (Å²) in [5.41, 5.74) is 1.72. The number of rotatable bonds is 9. The van der Waals surface area contributed by atoms with Crippen molar-refractivity contribution in [2.75, 3.05) is 11.9 Å². The topological polar surface area (TPSA) is 134 Å². The van der Waals surface area contributed by atoms with E-state index in [0.29, 0.717) is 22.9 Å². The van der Waals surface area contributed by atoms with E-state index in [1.165, 1.54) is 23.2 Å². The summed E-state index contributed by atoms with van der Waals surface area (Å²) in [5, 5.41) is 14.4. The first-order valence-corrected chi connectivity index (χ1v) is 12.8. The van der Waals surface area contributed by atoms with E-state index in [2.05, 4.69) is 15.3 Å². The highest BCUT2D eigenvalue weighted by Gasteiger charge is 2.51. The molecule has 2 aromatic heterocycles. The Bertz CT molecular complexity index is 1270. The second-order valence-electron chi connectivity index (χ2n) is 8.48. The van der Waals surface area contributed by atoms with Crippen molar-refractivity contribution in [2.24, 2.45) is 0 Å². The van der Waals surface area contributed by atoms with Gasteiger partial charge in [0.25, 0.3) is 5.91 Å². The average Bonchev–Trinajstić information content (AvgIpc) is 3.50. The summed E-state index contributed by atoms with van der Waals surface area (Å²) in [4.78, 5) is 48.0. The number of thiazole rings is 1. The summed E-state index contributed by atoms with van der Waals surface area (Å²) in [7, 11) is 0. The van der Waals surface area contributed by atoms with Gasteiger partial charge in [-0.2, -0.15) is 0 Å². The number of hydroxylamine groups is 1. The lowest BCUT2D eigenvalue weighted by molar-refractivity contribution is -0.144. The molecule has 2 unspecified atom stereocenters. The van der Waals surface area contributed by atoms with Gasteiger partial charge in [0.15, 0.2) is 5.13 Å². The number of carbonyl (C=O) groups is 3. The molecule has 13 heteroatoms. The first-order valence-electron chi connectivity index (χ1n) is 11.2. The number of pyridine rings is 1.